The van der Waals surface area contributed by atoms with Crippen molar-refractivity contribution in [2.45, 2.75) is 13.5 Å². The first-order chi connectivity index (χ1) is 16.8. The van der Waals surface area contributed by atoms with Gasteiger partial charge in [0.25, 0.3) is 0 Å². The molecule has 4 rings (SSSR count). The summed E-state index contributed by atoms with van der Waals surface area (Å²) >= 11 is 6.14. The molecule has 0 atom stereocenters. The molecule has 0 aliphatic rings. The smallest absolute Gasteiger partial charge is 0.244 e. The van der Waals surface area contributed by atoms with Crippen LogP contribution in [0.4, 0.5) is 5.69 Å². The van der Waals surface area contributed by atoms with Crippen LogP contribution in [0.15, 0.2) is 71.7 Å². The lowest BCUT2D eigenvalue weighted by Gasteiger charge is -2.14. The van der Waals surface area contributed by atoms with Crippen LogP contribution in [0.2, 0.25) is 5.02 Å². The number of ether oxygens (including phenoxy) is 2. The van der Waals surface area contributed by atoms with E-state index in [-0.39, 0.29) is 23.4 Å². The van der Waals surface area contributed by atoms with Gasteiger partial charge in [0.2, 0.25) is 11.3 Å². The fourth-order valence-corrected chi connectivity index (χ4v) is 3.93. The van der Waals surface area contributed by atoms with Crippen molar-refractivity contribution in [1.29, 1.82) is 0 Å². The summed E-state index contributed by atoms with van der Waals surface area (Å²) in [6, 6.07) is 16.8. The molecule has 4 aromatic rings. The third-order valence-electron chi connectivity index (χ3n) is 5.55. The Morgan fingerprint density at radius 2 is 1.60 bits per heavy atom. The van der Waals surface area contributed by atoms with Crippen molar-refractivity contribution in [1.82, 2.24) is 4.57 Å². The van der Waals surface area contributed by atoms with Gasteiger partial charge in [-0.15, -0.1) is 0 Å². The van der Waals surface area contributed by atoms with Crippen LogP contribution in [0.5, 0.6) is 11.5 Å². The number of pyridine rings is 1. The summed E-state index contributed by atoms with van der Waals surface area (Å²) in [5, 5.41) is 3.42. The molecule has 0 aliphatic carbocycles. The van der Waals surface area contributed by atoms with Gasteiger partial charge < -0.3 is 19.4 Å². The summed E-state index contributed by atoms with van der Waals surface area (Å²) in [5.74, 6) is 0.251. The Morgan fingerprint density at radius 1 is 0.943 bits per heavy atom. The summed E-state index contributed by atoms with van der Waals surface area (Å²) in [6.45, 7) is 1.77. The van der Waals surface area contributed by atoms with Crippen molar-refractivity contribution in [2.75, 3.05) is 19.5 Å². The van der Waals surface area contributed by atoms with Crippen molar-refractivity contribution in [3.8, 4) is 11.5 Å². The Hall–Kier alpha value is -4.10. The van der Waals surface area contributed by atoms with Crippen molar-refractivity contribution in [3.05, 3.63) is 98.8 Å². The first-order valence-electron chi connectivity index (χ1n) is 10.8. The van der Waals surface area contributed by atoms with Gasteiger partial charge in [-0.05, 0) is 25.1 Å². The monoisotopic (exact) mass is 490 g/mol. The van der Waals surface area contributed by atoms with Gasteiger partial charge in [0.1, 0.15) is 18.0 Å². The van der Waals surface area contributed by atoms with E-state index < -0.39 is 11.2 Å². The lowest BCUT2D eigenvalue weighted by Crippen LogP contribution is -2.24. The second kappa shape index (κ2) is 10.0. The van der Waals surface area contributed by atoms with E-state index in [0.717, 1.165) is 5.56 Å². The van der Waals surface area contributed by atoms with E-state index in [1.54, 1.807) is 59.2 Å². The number of methoxy groups -OCH3 is 2. The zero-order valence-electron chi connectivity index (χ0n) is 19.4. The Morgan fingerprint density at radius 3 is 2.23 bits per heavy atom. The Balaban J connectivity index is 1.73. The zero-order chi connectivity index (χ0) is 25.1. The van der Waals surface area contributed by atoms with E-state index in [4.69, 9.17) is 21.1 Å². The third-order valence-corrected chi connectivity index (χ3v) is 5.78. The molecule has 0 spiro atoms. The number of nitrogens with zero attached hydrogens (tertiary/aromatic N) is 1. The number of benzene rings is 3. The standard InChI is InChI=1S/C27H23ClN2O5/c1-16-4-6-17(7-5-16)26(32)23-14-30(24-9-8-18(28)10-22(24)27(23)33)15-25(31)29-19-11-20(34-2)13-21(12-19)35-3/h4-14H,15H2,1-3H3,(H,29,31). The van der Waals surface area contributed by atoms with E-state index in [2.05, 4.69) is 5.32 Å². The maximum Gasteiger partial charge on any atom is 0.244 e. The molecule has 0 aliphatic heterocycles. The van der Waals surface area contributed by atoms with Crippen LogP contribution in [0.3, 0.4) is 0 Å². The molecule has 0 unspecified atom stereocenters. The van der Waals surface area contributed by atoms with E-state index in [9.17, 15) is 14.4 Å². The first-order valence-corrected chi connectivity index (χ1v) is 11.1. The quantitative estimate of drug-likeness (QED) is 0.374. The number of aromatic nitrogens is 1. The number of hydrogen-bond acceptors (Lipinski definition) is 5. The molecular weight excluding hydrogens is 468 g/mol. The van der Waals surface area contributed by atoms with Crippen molar-refractivity contribution in [3.63, 3.8) is 0 Å². The molecule has 3 aromatic carbocycles. The van der Waals surface area contributed by atoms with Gasteiger partial charge in [-0.3, -0.25) is 14.4 Å². The van der Waals surface area contributed by atoms with E-state index >= 15 is 0 Å². The highest BCUT2D eigenvalue weighted by molar-refractivity contribution is 6.31. The maximum atomic E-state index is 13.2. The number of carbonyl (C=O) groups excluding carboxylic acids is 2. The fourth-order valence-electron chi connectivity index (χ4n) is 3.76. The predicted octanol–water partition coefficient (Wildman–Crippen LogP) is 4.85. The average molecular weight is 491 g/mol. The first kappa shape index (κ1) is 24.0. The molecule has 0 saturated carbocycles. The number of nitrogens with one attached hydrogen (secondary N) is 1. The maximum absolute atomic E-state index is 13.2. The Kier molecular flexibility index (Phi) is 6.89. The molecule has 0 saturated heterocycles. The van der Waals surface area contributed by atoms with E-state index in [1.807, 2.05) is 6.92 Å². The molecule has 178 valence electrons. The van der Waals surface area contributed by atoms with Gasteiger partial charge in [0.15, 0.2) is 5.78 Å². The minimum atomic E-state index is -0.442. The fraction of sp³-hybridized carbons (Fsp3) is 0.148. The number of ketones is 1. The molecule has 0 fully saturated rings. The van der Waals surface area contributed by atoms with Crippen LogP contribution >= 0.6 is 11.6 Å². The molecule has 1 aromatic heterocycles. The highest BCUT2D eigenvalue weighted by Crippen LogP contribution is 2.26. The topological polar surface area (TPSA) is 86.6 Å². The molecular formula is C27H23ClN2O5. The van der Waals surface area contributed by atoms with Crippen LogP contribution in [0, 0.1) is 6.92 Å². The van der Waals surface area contributed by atoms with Gasteiger partial charge in [0, 0.05) is 46.1 Å². The van der Waals surface area contributed by atoms with Gasteiger partial charge in [-0.1, -0.05) is 41.4 Å². The van der Waals surface area contributed by atoms with E-state index in [0.29, 0.717) is 33.3 Å². The molecule has 35 heavy (non-hydrogen) atoms. The molecule has 7 nitrogen and oxygen atoms in total. The zero-order valence-corrected chi connectivity index (χ0v) is 20.2. The Labute approximate surface area is 206 Å². The number of carbonyl (C=O) groups is 2. The van der Waals surface area contributed by atoms with Crippen LogP contribution in [-0.2, 0) is 11.3 Å². The van der Waals surface area contributed by atoms with Crippen LogP contribution < -0.4 is 20.2 Å². The van der Waals surface area contributed by atoms with Gasteiger partial charge in [0.05, 0.1) is 25.3 Å². The number of aryl methyl sites for hydroxylation is 1. The second-order valence-corrected chi connectivity index (χ2v) is 8.44. The largest absolute Gasteiger partial charge is 0.497 e. The summed E-state index contributed by atoms with van der Waals surface area (Å²) in [6.07, 6.45) is 1.42. The minimum Gasteiger partial charge on any atom is -0.497 e. The van der Waals surface area contributed by atoms with Gasteiger partial charge in [-0.2, -0.15) is 0 Å². The van der Waals surface area contributed by atoms with Crippen molar-refractivity contribution >= 4 is 39.9 Å². The number of amides is 1. The summed E-state index contributed by atoms with van der Waals surface area (Å²) in [5.41, 5.74) is 1.86. The molecule has 0 radical (unpaired) electrons. The van der Waals surface area contributed by atoms with Crippen LogP contribution in [0.1, 0.15) is 21.5 Å². The molecule has 1 amide bonds. The SMILES string of the molecule is COc1cc(NC(=O)Cn2cc(C(=O)c3ccc(C)cc3)c(=O)c3cc(Cl)ccc32)cc(OC)c1. The number of halogens is 1. The highest BCUT2D eigenvalue weighted by Gasteiger charge is 2.19. The van der Waals surface area contributed by atoms with E-state index in [1.165, 1.54) is 26.5 Å². The molecule has 1 heterocycles. The lowest BCUT2D eigenvalue weighted by atomic mass is 10.0. The summed E-state index contributed by atoms with van der Waals surface area (Å²) in [7, 11) is 3.04. The molecule has 0 bridgehead atoms. The van der Waals surface area contributed by atoms with Crippen molar-refractivity contribution in [2.24, 2.45) is 0 Å². The number of hydrogen-bond donors (Lipinski definition) is 1. The van der Waals surface area contributed by atoms with Crippen LogP contribution in [-0.4, -0.2) is 30.5 Å². The average Bonchev–Trinajstić information content (AvgIpc) is 2.85. The highest BCUT2D eigenvalue weighted by atomic mass is 35.5. The van der Waals surface area contributed by atoms with Crippen LogP contribution in [0.25, 0.3) is 10.9 Å². The molecule has 8 heteroatoms. The summed E-state index contributed by atoms with van der Waals surface area (Å²) < 4.78 is 12.1. The predicted molar refractivity (Wildman–Crippen MR) is 136 cm³/mol. The number of rotatable bonds is 7. The summed E-state index contributed by atoms with van der Waals surface area (Å²) in [4.78, 5) is 39.4. The minimum absolute atomic E-state index is 0.0422. The third kappa shape index (κ3) is 5.20. The number of fused-ring (bicyclic) bond motifs is 1. The Bertz CT molecular complexity index is 1470. The van der Waals surface area contributed by atoms with Crippen molar-refractivity contribution < 1.29 is 19.1 Å². The second-order valence-electron chi connectivity index (χ2n) is 8.01. The van der Waals surface area contributed by atoms with Gasteiger partial charge >= 0.3 is 0 Å². The number of anilines is 1. The lowest BCUT2D eigenvalue weighted by molar-refractivity contribution is -0.116. The van der Waals surface area contributed by atoms with Gasteiger partial charge in [-0.25, -0.2) is 0 Å². The normalized spacial score (nSPS) is 10.7. The molecule has 1 N–H and O–H groups in total.